The van der Waals surface area contributed by atoms with Gasteiger partial charge < -0.3 is 4.98 Å². The van der Waals surface area contributed by atoms with Gasteiger partial charge in [-0.3, -0.25) is 9.89 Å². The Kier molecular flexibility index (Phi) is 1.86. The maximum absolute atomic E-state index is 11.8. The number of nitrogens with zero attached hydrogens (tertiary/aromatic N) is 1. The lowest BCUT2D eigenvalue weighted by Gasteiger charge is -1.96. The normalized spacial score (nSPS) is 10.8. The van der Waals surface area contributed by atoms with Gasteiger partial charge in [0.05, 0.1) is 11.1 Å². The fraction of sp³-hybridized carbons (Fsp3) is 0. The Labute approximate surface area is 90.9 Å². The third-order valence-corrected chi connectivity index (χ3v) is 2.53. The summed E-state index contributed by atoms with van der Waals surface area (Å²) in [6.07, 6.45) is 1.60. The zero-order valence-electron chi connectivity index (χ0n) is 8.40. The van der Waals surface area contributed by atoms with Crippen molar-refractivity contribution in [3.05, 3.63) is 52.8 Å². The van der Waals surface area contributed by atoms with Crippen LogP contribution in [0.25, 0.3) is 22.3 Å². The van der Waals surface area contributed by atoms with Gasteiger partial charge in [0.2, 0.25) is 0 Å². The highest BCUT2D eigenvalue weighted by Gasteiger charge is 2.09. The van der Waals surface area contributed by atoms with E-state index in [1.807, 2.05) is 30.3 Å². The number of benzene rings is 1. The number of aromatic amines is 2. The van der Waals surface area contributed by atoms with Crippen molar-refractivity contribution in [2.24, 2.45) is 0 Å². The van der Waals surface area contributed by atoms with Crippen molar-refractivity contribution in [2.75, 3.05) is 0 Å². The number of rotatable bonds is 1. The van der Waals surface area contributed by atoms with E-state index in [9.17, 15) is 4.79 Å². The molecule has 0 fully saturated rings. The SMILES string of the molecule is O=c1cc[nH]c2n[nH]c(-c3ccccc3)c12. The molecule has 0 aliphatic carbocycles. The van der Waals surface area contributed by atoms with Crippen molar-refractivity contribution < 1.29 is 0 Å². The van der Waals surface area contributed by atoms with E-state index < -0.39 is 0 Å². The Balaban J connectivity index is 2.38. The van der Waals surface area contributed by atoms with Crippen LogP contribution in [0.15, 0.2) is 47.4 Å². The average molecular weight is 211 g/mol. The molecule has 2 N–H and O–H groups in total. The molecule has 0 saturated heterocycles. The molecule has 3 aromatic rings. The van der Waals surface area contributed by atoms with Crippen molar-refractivity contribution in [1.29, 1.82) is 0 Å². The molecule has 0 bridgehead atoms. The van der Waals surface area contributed by atoms with Gasteiger partial charge in [-0.05, 0) is 0 Å². The minimum Gasteiger partial charge on any atom is -0.344 e. The van der Waals surface area contributed by atoms with E-state index in [-0.39, 0.29) is 5.43 Å². The summed E-state index contributed by atoms with van der Waals surface area (Å²) in [7, 11) is 0. The molecule has 16 heavy (non-hydrogen) atoms. The summed E-state index contributed by atoms with van der Waals surface area (Å²) >= 11 is 0. The van der Waals surface area contributed by atoms with Gasteiger partial charge in [-0.25, -0.2) is 0 Å². The highest BCUT2D eigenvalue weighted by Crippen LogP contribution is 2.21. The summed E-state index contributed by atoms with van der Waals surface area (Å²) in [5.41, 5.74) is 2.28. The molecule has 0 unspecified atom stereocenters. The van der Waals surface area contributed by atoms with Crippen LogP contribution in [0.4, 0.5) is 0 Å². The number of hydrogen-bond donors (Lipinski definition) is 2. The molecule has 2 aromatic heterocycles. The third-order valence-electron chi connectivity index (χ3n) is 2.53. The predicted molar refractivity (Wildman–Crippen MR) is 62.2 cm³/mol. The van der Waals surface area contributed by atoms with Crippen LogP contribution in [0, 0.1) is 0 Å². The molecule has 4 nitrogen and oxygen atoms in total. The summed E-state index contributed by atoms with van der Waals surface area (Å²) in [5.74, 6) is 0. The molecule has 1 aromatic carbocycles. The second-order valence-corrected chi connectivity index (χ2v) is 3.53. The van der Waals surface area contributed by atoms with Gasteiger partial charge in [-0.1, -0.05) is 30.3 Å². The summed E-state index contributed by atoms with van der Waals surface area (Å²) in [6, 6.07) is 11.2. The number of aromatic nitrogens is 3. The molecule has 0 spiro atoms. The average Bonchev–Trinajstić information content (AvgIpc) is 2.75. The quantitative estimate of drug-likeness (QED) is 0.646. The van der Waals surface area contributed by atoms with Crippen LogP contribution in [0.2, 0.25) is 0 Å². The van der Waals surface area contributed by atoms with Crippen LogP contribution in [0.3, 0.4) is 0 Å². The number of nitrogens with one attached hydrogen (secondary N) is 2. The predicted octanol–water partition coefficient (Wildman–Crippen LogP) is 1.92. The van der Waals surface area contributed by atoms with Crippen LogP contribution >= 0.6 is 0 Å². The topological polar surface area (TPSA) is 61.5 Å². The van der Waals surface area contributed by atoms with Crippen LogP contribution in [-0.2, 0) is 0 Å². The molecule has 0 aliphatic rings. The Morgan fingerprint density at radius 1 is 1.06 bits per heavy atom. The van der Waals surface area contributed by atoms with Crippen molar-refractivity contribution in [3.63, 3.8) is 0 Å². The smallest absolute Gasteiger partial charge is 0.193 e. The van der Waals surface area contributed by atoms with Crippen molar-refractivity contribution in [3.8, 4) is 11.3 Å². The van der Waals surface area contributed by atoms with E-state index in [1.54, 1.807) is 6.20 Å². The van der Waals surface area contributed by atoms with Crippen LogP contribution in [0.1, 0.15) is 0 Å². The highest BCUT2D eigenvalue weighted by molar-refractivity contribution is 5.90. The second-order valence-electron chi connectivity index (χ2n) is 3.53. The fourth-order valence-corrected chi connectivity index (χ4v) is 1.78. The summed E-state index contributed by atoms with van der Waals surface area (Å²) in [5, 5.41) is 7.57. The van der Waals surface area contributed by atoms with Crippen LogP contribution in [-0.4, -0.2) is 15.2 Å². The lowest BCUT2D eigenvalue weighted by molar-refractivity contribution is 1.10. The molecule has 4 heteroatoms. The number of hydrogen-bond acceptors (Lipinski definition) is 2. The Morgan fingerprint density at radius 3 is 2.69 bits per heavy atom. The zero-order chi connectivity index (χ0) is 11.0. The van der Waals surface area contributed by atoms with Crippen molar-refractivity contribution >= 4 is 11.0 Å². The summed E-state index contributed by atoms with van der Waals surface area (Å²) in [6.45, 7) is 0. The molecule has 0 atom stereocenters. The van der Waals surface area contributed by atoms with Crippen molar-refractivity contribution in [2.45, 2.75) is 0 Å². The molecule has 3 rings (SSSR count). The van der Waals surface area contributed by atoms with E-state index in [1.165, 1.54) is 6.07 Å². The van der Waals surface area contributed by atoms with Gasteiger partial charge in [0.25, 0.3) is 0 Å². The van der Waals surface area contributed by atoms with Gasteiger partial charge in [-0.15, -0.1) is 0 Å². The van der Waals surface area contributed by atoms with E-state index in [4.69, 9.17) is 0 Å². The number of H-pyrrole nitrogens is 2. The third kappa shape index (κ3) is 1.24. The Morgan fingerprint density at radius 2 is 1.88 bits per heavy atom. The molecule has 0 amide bonds. The number of fused-ring (bicyclic) bond motifs is 1. The van der Waals surface area contributed by atoms with E-state index in [0.717, 1.165) is 11.3 Å². The van der Waals surface area contributed by atoms with Gasteiger partial charge in [0, 0.05) is 17.8 Å². The van der Waals surface area contributed by atoms with Crippen LogP contribution in [0.5, 0.6) is 0 Å². The van der Waals surface area contributed by atoms with Gasteiger partial charge in [0.1, 0.15) is 0 Å². The molecular weight excluding hydrogens is 202 g/mol. The lowest BCUT2D eigenvalue weighted by atomic mass is 10.1. The van der Waals surface area contributed by atoms with E-state index in [2.05, 4.69) is 15.2 Å². The zero-order valence-corrected chi connectivity index (χ0v) is 8.40. The minimum atomic E-state index is -0.0265. The van der Waals surface area contributed by atoms with E-state index >= 15 is 0 Å². The minimum absolute atomic E-state index is 0.0265. The first-order chi connectivity index (χ1) is 7.86. The first-order valence-electron chi connectivity index (χ1n) is 4.97. The summed E-state index contributed by atoms with van der Waals surface area (Å²) in [4.78, 5) is 14.7. The maximum Gasteiger partial charge on any atom is 0.193 e. The monoisotopic (exact) mass is 211 g/mol. The second kappa shape index (κ2) is 3.34. The summed E-state index contributed by atoms with van der Waals surface area (Å²) < 4.78 is 0. The Hall–Kier alpha value is -2.36. The lowest BCUT2D eigenvalue weighted by Crippen LogP contribution is -1.99. The molecule has 0 aliphatic heterocycles. The fourth-order valence-electron chi connectivity index (χ4n) is 1.78. The molecule has 78 valence electrons. The van der Waals surface area contributed by atoms with Gasteiger partial charge in [-0.2, -0.15) is 5.10 Å². The first kappa shape index (κ1) is 8.91. The van der Waals surface area contributed by atoms with Crippen molar-refractivity contribution in [1.82, 2.24) is 15.2 Å². The highest BCUT2D eigenvalue weighted by atomic mass is 16.1. The van der Waals surface area contributed by atoms with Gasteiger partial charge in [0.15, 0.2) is 11.1 Å². The number of pyridine rings is 1. The maximum atomic E-state index is 11.8. The van der Waals surface area contributed by atoms with Crippen LogP contribution < -0.4 is 5.43 Å². The molecule has 2 heterocycles. The molecule has 0 saturated carbocycles. The standard InChI is InChI=1S/C12H9N3O/c16-9-6-7-13-12-10(9)11(14-15-12)8-4-2-1-3-5-8/h1-7H,(H2,13,14,15,16). The first-order valence-corrected chi connectivity index (χ1v) is 4.97. The molecule has 0 radical (unpaired) electrons. The largest absolute Gasteiger partial charge is 0.344 e. The van der Waals surface area contributed by atoms with Gasteiger partial charge >= 0.3 is 0 Å². The Bertz CT molecular complexity index is 682. The van der Waals surface area contributed by atoms with E-state index in [0.29, 0.717) is 11.0 Å². The molecular formula is C12H9N3O.